The van der Waals surface area contributed by atoms with Crippen LogP contribution in [0, 0.1) is 0 Å². The fourth-order valence-corrected chi connectivity index (χ4v) is 3.06. The summed E-state index contributed by atoms with van der Waals surface area (Å²) < 4.78 is 0. The van der Waals surface area contributed by atoms with Crippen LogP contribution in [0.3, 0.4) is 0 Å². The predicted molar refractivity (Wildman–Crippen MR) is 98.7 cm³/mol. The summed E-state index contributed by atoms with van der Waals surface area (Å²) in [6.07, 6.45) is 3.47. The molecular formula is C18H15N5S. The summed E-state index contributed by atoms with van der Waals surface area (Å²) in [5.74, 6) is 1.39. The van der Waals surface area contributed by atoms with Gasteiger partial charge in [0.25, 0.3) is 0 Å². The highest BCUT2D eigenvalue weighted by Gasteiger charge is 2.08. The quantitative estimate of drug-likeness (QED) is 0.565. The molecule has 6 heteroatoms. The molecule has 4 aromatic rings. The summed E-state index contributed by atoms with van der Waals surface area (Å²) >= 11 is 1.73. The molecule has 2 N–H and O–H groups in total. The third-order valence-electron chi connectivity index (χ3n) is 3.55. The summed E-state index contributed by atoms with van der Waals surface area (Å²) in [6, 6.07) is 15.9. The Balaban J connectivity index is 1.67. The van der Waals surface area contributed by atoms with Crippen LogP contribution in [-0.2, 0) is 6.54 Å². The van der Waals surface area contributed by atoms with Gasteiger partial charge in [-0.15, -0.1) is 11.3 Å². The minimum atomic E-state index is 0.563. The molecule has 1 aromatic carbocycles. The molecule has 0 radical (unpaired) electrons. The molecule has 0 amide bonds. The molecule has 0 aliphatic rings. The zero-order valence-corrected chi connectivity index (χ0v) is 13.6. The topological polar surface area (TPSA) is 62.7 Å². The molecule has 0 aliphatic carbocycles. The number of para-hydroxylation sites is 1. The molecule has 0 bridgehead atoms. The second kappa shape index (κ2) is 6.64. The van der Waals surface area contributed by atoms with Gasteiger partial charge in [-0.3, -0.25) is 4.98 Å². The van der Waals surface area contributed by atoms with Crippen molar-refractivity contribution < 1.29 is 0 Å². The molecule has 4 rings (SSSR count). The molecule has 0 unspecified atom stereocenters. The standard InChI is InChI=1S/C18H15N5S/c1-2-6-16-15(5-1)17(20-12-14-4-3-11-24-14)23-18(22-16)21-13-7-9-19-10-8-13/h1-11H,12H2,(H2,19,20,21,22,23). The Bertz CT molecular complexity index is 938. The summed E-state index contributed by atoms with van der Waals surface area (Å²) in [4.78, 5) is 14.5. The van der Waals surface area contributed by atoms with Crippen LogP contribution in [0.4, 0.5) is 17.5 Å². The lowest BCUT2D eigenvalue weighted by Gasteiger charge is -2.11. The van der Waals surface area contributed by atoms with Gasteiger partial charge in [-0.05, 0) is 35.7 Å². The van der Waals surface area contributed by atoms with E-state index in [1.54, 1.807) is 23.7 Å². The molecule has 0 saturated carbocycles. The van der Waals surface area contributed by atoms with Crippen LogP contribution in [0.5, 0.6) is 0 Å². The highest BCUT2D eigenvalue weighted by molar-refractivity contribution is 7.09. The van der Waals surface area contributed by atoms with Crippen molar-refractivity contribution in [3.05, 3.63) is 71.2 Å². The van der Waals surface area contributed by atoms with E-state index in [4.69, 9.17) is 0 Å². The minimum absolute atomic E-state index is 0.563. The van der Waals surface area contributed by atoms with Crippen molar-refractivity contribution in [2.24, 2.45) is 0 Å². The normalized spacial score (nSPS) is 10.7. The predicted octanol–water partition coefficient (Wildman–Crippen LogP) is 4.44. The van der Waals surface area contributed by atoms with Crippen molar-refractivity contribution >= 4 is 39.7 Å². The first-order chi connectivity index (χ1) is 11.9. The van der Waals surface area contributed by atoms with Crippen molar-refractivity contribution in [2.45, 2.75) is 6.54 Å². The first-order valence-corrected chi connectivity index (χ1v) is 8.46. The van der Waals surface area contributed by atoms with Gasteiger partial charge in [0.15, 0.2) is 0 Å². The van der Waals surface area contributed by atoms with Crippen molar-refractivity contribution in [1.29, 1.82) is 0 Å². The van der Waals surface area contributed by atoms with Crippen LogP contribution in [0.2, 0.25) is 0 Å². The Kier molecular flexibility index (Phi) is 4.04. The number of nitrogens with one attached hydrogen (secondary N) is 2. The Hall–Kier alpha value is -2.99. The van der Waals surface area contributed by atoms with Gasteiger partial charge in [0.1, 0.15) is 5.82 Å². The maximum absolute atomic E-state index is 4.65. The van der Waals surface area contributed by atoms with E-state index in [0.717, 1.165) is 29.0 Å². The molecular weight excluding hydrogens is 318 g/mol. The number of benzene rings is 1. The molecule has 0 spiro atoms. The molecule has 3 aromatic heterocycles. The molecule has 0 aliphatic heterocycles. The van der Waals surface area contributed by atoms with Gasteiger partial charge in [-0.2, -0.15) is 4.98 Å². The Morgan fingerprint density at radius 2 is 1.79 bits per heavy atom. The molecule has 5 nitrogen and oxygen atoms in total. The number of hydrogen-bond acceptors (Lipinski definition) is 6. The zero-order valence-electron chi connectivity index (χ0n) is 12.8. The maximum Gasteiger partial charge on any atom is 0.229 e. The van der Waals surface area contributed by atoms with E-state index >= 15 is 0 Å². The van der Waals surface area contributed by atoms with Gasteiger partial charge in [-0.25, -0.2) is 4.98 Å². The number of hydrogen-bond donors (Lipinski definition) is 2. The van der Waals surface area contributed by atoms with E-state index in [1.807, 2.05) is 36.4 Å². The number of aromatic nitrogens is 3. The van der Waals surface area contributed by atoms with Crippen molar-refractivity contribution in [2.75, 3.05) is 10.6 Å². The SMILES string of the molecule is c1csc(CNc2nc(Nc3ccncc3)nc3ccccc23)c1. The van der Waals surface area contributed by atoms with Crippen LogP contribution >= 0.6 is 11.3 Å². The summed E-state index contributed by atoms with van der Waals surface area (Å²) in [6.45, 7) is 0.743. The number of nitrogens with zero attached hydrogens (tertiary/aromatic N) is 3. The Morgan fingerprint density at radius 3 is 2.62 bits per heavy atom. The second-order valence-corrected chi connectivity index (χ2v) is 6.24. The number of rotatable bonds is 5. The molecule has 3 heterocycles. The zero-order chi connectivity index (χ0) is 16.2. The number of thiophene rings is 1. The van der Waals surface area contributed by atoms with E-state index in [2.05, 4.69) is 43.1 Å². The molecule has 0 atom stereocenters. The van der Waals surface area contributed by atoms with E-state index in [1.165, 1.54) is 4.88 Å². The van der Waals surface area contributed by atoms with Crippen LogP contribution in [0.15, 0.2) is 66.3 Å². The molecule has 0 saturated heterocycles. The van der Waals surface area contributed by atoms with Crippen molar-refractivity contribution in [1.82, 2.24) is 15.0 Å². The summed E-state index contributed by atoms with van der Waals surface area (Å²) in [7, 11) is 0. The van der Waals surface area contributed by atoms with Crippen molar-refractivity contribution in [3.8, 4) is 0 Å². The van der Waals surface area contributed by atoms with Gasteiger partial charge in [0, 0.05) is 28.3 Å². The van der Waals surface area contributed by atoms with Gasteiger partial charge in [0.05, 0.1) is 12.1 Å². The van der Waals surface area contributed by atoms with Gasteiger partial charge >= 0.3 is 0 Å². The van der Waals surface area contributed by atoms with E-state index in [0.29, 0.717) is 5.95 Å². The van der Waals surface area contributed by atoms with Crippen LogP contribution in [-0.4, -0.2) is 15.0 Å². The lowest BCUT2D eigenvalue weighted by molar-refractivity contribution is 1.13. The van der Waals surface area contributed by atoms with Crippen LogP contribution in [0.25, 0.3) is 10.9 Å². The minimum Gasteiger partial charge on any atom is -0.364 e. The van der Waals surface area contributed by atoms with Crippen LogP contribution in [0.1, 0.15) is 4.88 Å². The Labute approximate surface area is 143 Å². The van der Waals surface area contributed by atoms with Gasteiger partial charge < -0.3 is 10.6 Å². The van der Waals surface area contributed by atoms with E-state index in [9.17, 15) is 0 Å². The van der Waals surface area contributed by atoms with Crippen LogP contribution < -0.4 is 10.6 Å². The fourth-order valence-electron chi connectivity index (χ4n) is 2.42. The van der Waals surface area contributed by atoms with E-state index < -0.39 is 0 Å². The van der Waals surface area contributed by atoms with Gasteiger partial charge in [-0.1, -0.05) is 18.2 Å². The Morgan fingerprint density at radius 1 is 0.917 bits per heavy atom. The summed E-state index contributed by atoms with van der Waals surface area (Å²) in [5, 5.41) is 9.74. The lowest BCUT2D eigenvalue weighted by atomic mass is 10.2. The third-order valence-corrected chi connectivity index (χ3v) is 4.43. The average molecular weight is 333 g/mol. The fraction of sp³-hybridized carbons (Fsp3) is 0.0556. The third kappa shape index (κ3) is 3.18. The molecule has 0 fully saturated rings. The molecule has 118 valence electrons. The smallest absolute Gasteiger partial charge is 0.229 e. The summed E-state index contributed by atoms with van der Waals surface area (Å²) in [5.41, 5.74) is 1.81. The number of pyridine rings is 1. The lowest BCUT2D eigenvalue weighted by Crippen LogP contribution is -2.05. The first kappa shape index (κ1) is 14.6. The largest absolute Gasteiger partial charge is 0.364 e. The maximum atomic E-state index is 4.65. The monoisotopic (exact) mass is 333 g/mol. The van der Waals surface area contributed by atoms with Crippen molar-refractivity contribution in [3.63, 3.8) is 0 Å². The molecule has 24 heavy (non-hydrogen) atoms. The van der Waals surface area contributed by atoms with E-state index in [-0.39, 0.29) is 0 Å². The number of anilines is 3. The first-order valence-electron chi connectivity index (χ1n) is 7.58. The second-order valence-electron chi connectivity index (χ2n) is 5.21. The highest BCUT2D eigenvalue weighted by atomic mass is 32.1. The van der Waals surface area contributed by atoms with Gasteiger partial charge in [0.2, 0.25) is 5.95 Å². The average Bonchev–Trinajstić information content (AvgIpc) is 3.14. The number of fused-ring (bicyclic) bond motifs is 1. The highest BCUT2D eigenvalue weighted by Crippen LogP contribution is 2.24.